The van der Waals surface area contributed by atoms with Crippen LogP contribution in [0.5, 0.6) is 0 Å². The van der Waals surface area contributed by atoms with Crippen LogP contribution < -0.4 is 4.90 Å². The molecule has 0 aromatic heterocycles. The highest BCUT2D eigenvalue weighted by Crippen LogP contribution is 2.66. The predicted molar refractivity (Wildman–Crippen MR) is 122 cm³/mol. The predicted octanol–water partition coefficient (Wildman–Crippen LogP) is 4.38. The van der Waals surface area contributed by atoms with Gasteiger partial charge in [0, 0.05) is 5.92 Å². The Bertz CT molecular complexity index is 1290. The summed E-state index contributed by atoms with van der Waals surface area (Å²) in [6.45, 7) is 0. The van der Waals surface area contributed by atoms with Crippen molar-refractivity contribution in [1.82, 2.24) is 0 Å². The van der Waals surface area contributed by atoms with Crippen molar-refractivity contribution in [3.63, 3.8) is 0 Å². The van der Waals surface area contributed by atoms with Gasteiger partial charge in [0.05, 0.1) is 34.5 Å². The lowest BCUT2D eigenvalue weighted by Crippen LogP contribution is -2.50. The number of hydrogen-bond acceptors (Lipinski definition) is 4. The highest BCUT2D eigenvalue weighted by Gasteiger charge is 2.67. The van der Waals surface area contributed by atoms with Crippen LogP contribution in [0.4, 0.5) is 5.69 Å². The summed E-state index contributed by atoms with van der Waals surface area (Å²) in [5.74, 6) is -2.57. The average molecular weight is 488 g/mol. The maximum Gasteiger partial charge on any atom is 0.339 e. The van der Waals surface area contributed by atoms with Gasteiger partial charge in [-0.05, 0) is 34.4 Å². The second kappa shape index (κ2) is 6.62. The van der Waals surface area contributed by atoms with Gasteiger partial charge in [-0.2, -0.15) is 0 Å². The number of para-hydroxylation sites is 1. The molecule has 0 saturated carbocycles. The van der Waals surface area contributed by atoms with E-state index in [1.165, 1.54) is 12.0 Å². The number of nitrogens with zero attached hydrogens (tertiary/aromatic N) is 1. The smallest absolute Gasteiger partial charge is 0.339 e. The molecule has 3 aromatic rings. The van der Waals surface area contributed by atoms with E-state index in [0.717, 1.165) is 22.3 Å². The minimum absolute atomic E-state index is 0.196. The normalized spacial score (nSPS) is 27.1. The Morgan fingerprint density at radius 2 is 1.44 bits per heavy atom. The molecule has 0 radical (unpaired) electrons. The molecule has 2 bridgehead atoms. The molecule has 32 heavy (non-hydrogen) atoms. The molecule has 1 fully saturated rings. The first-order chi connectivity index (χ1) is 15.5. The van der Waals surface area contributed by atoms with E-state index < -0.39 is 22.1 Å². The highest BCUT2D eigenvalue weighted by molar-refractivity contribution is 9.09. The Morgan fingerprint density at radius 3 is 2.06 bits per heavy atom. The molecule has 0 spiro atoms. The molecule has 1 heterocycles. The van der Waals surface area contributed by atoms with Gasteiger partial charge in [0.1, 0.15) is 0 Å². The molecule has 2 amide bonds. The van der Waals surface area contributed by atoms with Gasteiger partial charge >= 0.3 is 5.97 Å². The van der Waals surface area contributed by atoms with Gasteiger partial charge < -0.3 is 4.74 Å². The number of benzene rings is 3. The minimum atomic E-state index is -0.818. The monoisotopic (exact) mass is 487 g/mol. The summed E-state index contributed by atoms with van der Waals surface area (Å²) in [5, 5.41) is 0. The number of methoxy groups -OCH3 is 1. The number of alkyl halides is 1. The number of carbonyl (C=O) groups excluding carboxylic acids is 3. The van der Waals surface area contributed by atoms with Gasteiger partial charge in [-0.25, -0.2) is 9.69 Å². The van der Waals surface area contributed by atoms with Gasteiger partial charge in [0.25, 0.3) is 0 Å². The lowest BCUT2D eigenvalue weighted by Gasteiger charge is -2.51. The fourth-order valence-electron chi connectivity index (χ4n) is 5.87. The molecule has 1 saturated heterocycles. The zero-order chi connectivity index (χ0) is 22.2. The van der Waals surface area contributed by atoms with Gasteiger partial charge in [-0.1, -0.05) is 76.6 Å². The molecule has 0 unspecified atom stereocenters. The number of ether oxygens (including phenoxy) is 1. The van der Waals surface area contributed by atoms with Crippen LogP contribution in [0.25, 0.3) is 0 Å². The van der Waals surface area contributed by atoms with Gasteiger partial charge in [0.2, 0.25) is 11.8 Å². The SMILES string of the molecule is COC(=O)c1ccccc1N1C(=O)[C@@H]2[C@@H](C1=O)C1c3ccccc3C2(Br)c2ccccc21. The molecule has 6 heteroatoms. The Hall–Kier alpha value is -3.25. The molecule has 1 aliphatic heterocycles. The van der Waals surface area contributed by atoms with Crippen molar-refractivity contribution in [2.75, 3.05) is 12.0 Å². The van der Waals surface area contributed by atoms with Crippen LogP contribution in [0, 0.1) is 11.8 Å². The average Bonchev–Trinajstić information content (AvgIpc) is 3.10. The van der Waals surface area contributed by atoms with E-state index >= 15 is 0 Å². The molecule has 2 atom stereocenters. The number of rotatable bonds is 2. The van der Waals surface area contributed by atoms with Crippen molar-refractivity contribution >= 4 is 39.4 Å². The molecule has 0 N–H and O–H groups in total. The van der Waals surface area contributed by atoms with Gasteiger partial charge in [-0.3, -0.25) is 9.59 Å². The van der Waals surface area contributed by atoms with E-state index in [1.807, 2.05) is 48.5 Å². The van der Waals surface area contributed by atoms with Crippen molar-refractivity contribution in [3.05, 3.63) is 101 Å². The lowest BCUT2D eigenvalue weighted by molar-refractivity contribution is -0.122. The van der Waals surface area contributed by atoms with Crippen molar-refractivity contribution in [1.29, 1.82) is 0 Å². The minimum Gasteiger partial charge on any atom is -0.465 e. The number of carbonyl (C=O) groups is 3. The Balaban J connectivity index is 1.60. The number of halogens is 1. The summed E-state index contributed by atoms with van der Waals surface area (Å²) in [4.78, 5) is 41.4. The Labute approximate surface area is 193 Å². The molecule has 7 rings (SSSR count). The summed E-state index contributed by atoms with van der Waals surface area (Å²) >= 11 is 3.98. The number of hydrogen-bond donors (Lipinski definition) is 0. The number of amides is 2. The molecular formula is C26H18BrNO4. The van der Waals surface area contributed by atoms with E-state index in [-0.39, 0.29) is 29.0 Å². The summed E-state index contributed by atoms with van der Waals surface area (Å²) in [5.41, 5.74) is 4.64. The summed E-state index contributed by atoms with van der Waals surface area (Å²) in [6, 6.07) is 22.6. The van der Waals surface area contributed by atoms with E-state index in [4.69, 9.17) is 4.74 Å². The third kappa shape index (κ3) is 2.20. The van der Waals surface area contributed by atoms with Gasteiger partial charge in [-0.15, -0.1) is 0 Å². The fraction of sp³-hybridized carbons (Fsp3) is 0.192. The molecule has 3 aromatic carbocycles. The summed E-state index contributed by atoms with van der Waals surface area (Å²) < 4.78 is 4.09. The first-order valence-corrected chi connectivity index (χ1v) is 11.2. The van der Waals surface area contributed by atoms with E-state index in [2.05, 4.69) is 15.9 Å². The van der Waals surface area contributed by atoms with Crippen molar-refractivity contribution in [3.8, 4) is 0 Å². The second-order valence-corrected chi connectivity index (χ2v) is 9.64. The standard InChI is InChI=1S/C26H18BrNO4/c1-32-25(31)16-10-4-7-13-19(16)28-23(29)21-20-14-8-2-5-11-17(14)26(27,22(21)24(28)30)18-12-6-3-9-15(18)20/h2-13,20-22H,1H3/t20?,21-,22-,26?/m0/s1. The summed E-state index contributed by atoms with van der Waals surface area (Å²) in [6.07, 6.45) is 0. The zero-order valence-electron chi connectivity index (χ0n) is 17.1. The Morgan fingerprint density at radius 1 is 0.875 bits per heavy atom. The van der Waals surface area contributed by atoms with Gasteiger partial charge in [0.15, 0.2) is 0 Å². The molecule has 158 valence electrons. The summed E-state index contributed by atoms with van der Waals surface area (Å²) in [7, 11) is 1.29. The number of esters is 1. The molecule has 5 nitrogen and oxygen atoms in total. The van der Waals surface area contributed by atoms with Crippen molar-refractivity contribution < 1.29 is 19.1 Å². The lowest BCUT2D eigenvalue weighted by atomic mass is 9.55. The van der Waals surface area contributed by atoms with E-state index in [9.17, 15) is 14.4 Å². The highest BCUT2D eigenvalue weighted by atomic mass is 79.9. The quantitative estimate of drug-likeness (QED) is 0.305. The van der Waals surface area contributed by atoms with Crippen LogP contribution in [-0.2, 0) is 18.7 Å². The fourth-order valence-corrected chi connectivity index (χ4v) is 7.07. The molecular weight excluding hydrogens is 470 g/mol. The maximum absolute atomic E-state index is 14.0. The second-order valence-electron chi connectivity index (χ2n) is 8.39. The van der Waals surface area contributed by atoms with Crippen LogP contribution in [0.3, 0.4) is 0 Å². The Kier molecular flexibility index (Phi) is 4.02. The third-order valence-corrected chi connectivity index (χ3v) is 8.41. The molecule has 4 aliphatic rings. The van der Waals surface area contributed by atoms with Crippen LogP contribution in [0.15, 0.2) is 72.8 Å². The van der Waals surface area contributed by atoms with Crippen LogP contribution >= 0.6 is 15.9 Å². The third-order valence-electron chi connectivity index (χ3n) is 7.06. The topological polar surface area (TPSA) is 63.7 Å². The van der Waals surface area contributed by atoms with Crippen LogP contribution in [0.1, 0.15) is 38.5 Å². The van der Waals surface area contributed by atoms with E-state index in [1.54, 1.807) is 24.3 Å². The van der Waals surface area contributed by atoms with E-state index in [0.29, 0.717) is 0 Å². The zero-order valence-corrected chi connectivity index (χ0v) is 18.7. The first-order valence-electron chi connectivity index (χ1n) is 10.4. The number of anilines is 1. The van der Waals surface area contributed by atoms with Crippen molar-refractivity contribution in [2.45, 2.75) is 10.2 Å². The first kappa shape index (κ1) is 19.4. The molecule has 3 aliphatic carbocycles. The van der Waals surface area contributed by atoms with Crippen LogP contribution in [-0.4, -0.2) is 24.9 Å². The number of imide groups is 1. The van der Waals surface area contributed by atoms with Crippen LogP contribution in [0.2, 0.25) is 0 Å². The maximum atomic E-state index is 14.0. The largest absolute Gasteiger partial charge is 0.465 e. The van der Waals surface area contributed by atoms with Crippen molar-refractivity contribution in [2.24, 2.45) is 11.8 Å².